The molecule has 4 aromatic rings. The molecule has 0 fully saturated rings. The van der Waals surface area contributed by atoms with Crippen molar-refractivity contribution in [3.05, 3.63) is 117 Å². The molecular formula is C35H40N2O5S. The van der Waals surface area contributed by atoms with Gasteiger partial charge in [0.1, 0.15) is 0 Å². The Morgan fingerprint density at radius 3 is 2.00 bits per heavy atom. The molecule has 2 amide bonds. The third-order valence-corrected chi connectivity index (χ3v) is 8.50. The summed E-state index contributed by atoms with van der Waals surface area (Å²) < 4.78 is 16.2. The number of benzene rings is 3. The summed E-state index contributed by atoms with van der Waals surface area (Å²) in [7, 11) is 4.82. The van der Waals surface area contributed by atoms with Crippen molar-refractivity contribution in [2.75, 3.05) is 47.6 Å². The van der Waals surface area contributed by atoms with E-state index in [1.54, 1.807) is 37.6 Å². The number of hydrogen-bond acceptors (Lipinski definition) is 6. The van der Waals surface area contributed by atoms with E-state index in [4.69, 9.17) is 14.2 Å². The van der Waals surface area contributed by atoms with E-state index in [1.165, 1.54) is 0 Å². The molecule has 8 heteroatoms. The average Bonchev–Trinajstić information content (AvgIpc) is 3.45. The molecule has 3 aromatic carbocycles. The molecule has 0 aliphatic carbocycles. The third kappa shape index (κ3) is 8.46. The van der Waals surface area contributed by atoms with Gasteiger partial charge >= 0.3 is 0 Å². The summed E-state index contributed by atoms with van der Waals surface area (Å²) in [5.41, 5.74) is 3.94. The molecule has 43 heavy (non-hydrogen) atoms. The van der Waals surface area contributed by atoms with E-state index in [0.717, 1.165) is 27.1 Å². The van der Waals surface area contributed by atoms with Crippen LogP contribution in [-0.4, -0.2) is 69.2 Å². The average molecular weight is 601 g/mol. The Balaban J connectivity index is 1.60. The SMILES string of the molecule is COCCN(CC(=O)N(CCc1ccc(OC)c(OC)c1)Cc1sccc1C)C(=O)C(c1ccccc1)c1ccccc1. The van der Waals surface area contributed by atoms with Crippen LogP contribution in [0.1, 0.15) is 33.0 Å². The molecule has 226 valence electrons. The van der Waals surface area contributed by atoms with Crippen molar-refractivity contribution in [2.45, 2.75) is 25.8 Å². The highest BCUT2D eigenvalue weighted by Crippen LogP contribution is 2.29. The second-order valence-corrected chi connectivity index (χ2v) is 11.3. The molecule has 0 radical (unpaired) electrons. The second kappa shape index (κ2) is 15.9. The van der Waals surface area contributed by atoms with Gasteiger partial charge in [0.25, 0.3) is 0 Å². The van der Waals surface area contributed by atoms with Crippen molar-refractivity contribution in [3.8, 4) is 11.5 Å². The van der Waals surface area contributed by atoms with Crippen LogP contribution in [0.4, 0.5) is 0 Å². The van der Waals surface area contributed by atoms with Gasteiger partial charge in [-0.15, -0.1) is 11.3 Å². The predicted octanol–water partition coefficient (Wildman–Crippen LogP) is 5.95. The maximum Gasteiger partial charge on any atom is 0.242 e. The first-order valence-corrected chi connectivity index (χ1v) is 15.2. The van der Waals surface area contributed by atoms with Crippen LogP contribution in [-0.2, 0) is 27.3 Å². The van der Waals surface area contributed by atoms with Crippen LogP contribution in [0.5, 0.6) is 11.5 Å². The van der Waals surface area contributed by atoms with E-state index < -0.39 is 5.92 Å². The van der Waals surface area contributed by atoms with E-state index in [9.17, 15) is 9.59 Å². The molecule has 0 saturated carbocycles. The van der Waals surface area contributed by atoms with E-state index >= 15 is 0 Å². The number of methoxy groups -OCH3 is 3. The van der Waals surface area contributed by atoms with Gasteiger partial charge in [0.05, 0.1) is 39.8 Å². The lowest BCUT2D eigenvalue weighted by Gasteiger charge is -2.30. The molecule has 0 bridgehead atoms. The summed E-state index contributed by atoms with van der Waals surface area (Å²) in [6, 6.07) is 27.3. The summed E-state index contributed by atoms with van der Waals surface area (Å²) in [5, 5.41) is 2.04. The van der Waals surface area contributed by atoms with Crippen molar-refractivity contribution in [3.63, 3.8) is 0 Å². The largest absolute Gasteiger partial charge is 0.493 e. The van der Waals surface area contributed by atoms with Gasteiger partial charge < -0.3 is 24.0 Å². The van der Waals surface area contributed by atoms with Crippen molar-refractivity contribution in [2.24, 2.45) is 0 Å². The normalized spacial score (nSPS) is 10.9. The van der Waals surface area contributed by atoms with Crippen LogP contribution in [0, 0.1) is 6.92 Å². The Morgan fingerprint density at radius 2 is 1.44 bits per heavy atom. The lowest BCUT2D eigenvalue weighted by molar-refractivity contribution is -0.141. The smallest absolute Gasteiger partial charge is 0.242 e. The first-order valence-electron chi connectivity index (χ1n) is 14.3. The zero-order valence-corrected chi connectivity index (χ0v) is 26.1. The van der Waals surface area contributed by atoms with Gasteiger partial charge in [-0.3, -0.25) is 9.59 Å². The number of hydrogen-bond donors (Lipinski definition) is 0. The van der Waals surface area contributed by atoms with E-state index in [2.05, 4.69) is 13.0 Å². The van der Waals surface area contributed by atoms with Gasteiger partial charge in [0.15, 0.2) is 11.5 Å². The summed E-state index contributed by atoms with van der Waals surface area (Å²) >= 11 is 1.64. The molecular weight excluding hydrogens is 560 g/mol. The summed E-state index contributed by atoms with van der Waals surface area (Å²) in [5.74, 6) is 0.530. The first-order chi connectivity index (χ1) is 20.9. The molecule has 7 nitrogen and oxygen atoms in total. The van der Waals surface area contributed by atoms with Crippen molar-refractivity contribution in [1.82, 2.24) is 9.80 Å². The van der Waals surface area contributed by atoms with Crippen LogP contribution in [0.3, 0.4) is 0 Å². The van der Waals surface area contributed by atoms with Gasteiger partial charge in [0, 0.05) is 25.1 Å². The fourth-order valence-corrected chi connectivity index (χ4v) is 5.94. The fourth-order valence-electron chi connectivity index (χ4n) is 5.01. The number of amides is 2. The van der Waals surface area contributed by atoms with Crippen molar-refractivity contribution >= 4 is 23.2 Å². The summed E-state index contributed by atoms with van der Waals surface area (Å²) in [6.07, 6.45) is 0.624. The Kier molecular flexibility index (Phi) is 11.8. The molecule has 0 N–H and O–H groups in total. The molecule has 0 unspecified atom stereocenters. The van der Waals surface area contributed by atoms with E-state index in [-0.39, 0.29) is 18.4 Å². The van der Waals surface area contributed by atoms with Gasteiger partial charge in [-0.05, 0) is 59.2 Å². The van der Waals surface area contributed by atoms with Crippen molar-refractivity contribution in [1.29, 1.82) is 0 Å². The Morgan fingerprint density at radius 1 is 0.791 bits per heavy atom. The molecule has 1 aromatic heterocycles. The second-order valence-electron chi connectivity index (χ2n) is 10.3. The third-order valence-electron chi connectivity index (χ3n) is 7.49. The number of nitrogens with zero attached hydrogens (tertiary/aromatic N) is 2. The molecule has 0 aliphatic heterocycles. The first kappa shape index (κ1) is 31.8. The maximum atomic E-state index is 14.3. The Hall–Kier alpha value is -4.14. The highest BCUT2D eigenvalue weighted by atomic mass is 32.1. The van der Waals surface area contributed by atoms with Crippen LogP contribution in [0.15, 0.2) is 90.3 Å². The van der Waals surface area contributed by atoms with Crippen LogP contribution >= 0.6 is 11.3 Å². The molecule has 1 heterocycles. The van der Waals surface area contributed by atoms with Crippen LogP contribution < -0.4 is 9.47 Å². The predicted molar refractivity (Wildman–Crippen MR) is 171 cm³/mol. The van der Waals surface area contributed by atoms with Gasteiger partial charge in [-0.1, -0.05) is 66.7 Å². The zero-order chi connectivity index (χ0) is 30.6. The maximum absolute atomic E-state index is 14.3. The number of aryl methyl sites for hydroxylation is 1. The highest BCUT2D eigenvalue weighted by Gasteiger charge is 2.30. The van der Waals surface area contributed by atoms with Crippen LogP contribution in [0.2, 0.25) is 0 Å². The number of carbonyl (C=O) groups excluding carboxylic acids is 2. The number of ether oxygens (including phenoxy) is 3. The summed E-state index contributed by atoms with van der Waals surface area (Å²) in [4.78, 5) is 32.9. The lowest BCUT2D eigenvalue weighted by atomic mass is 9.90. The molecule has 4 rings (SSSR count). The number of thiophene rings is 1. The molecule has 0 atom stereocenters. The number of rotatable bonds is 15. The number of carbonyl (C=O) groups is 2. The fraction of sp³-hybridized carbons (Fsp3) is 0.314. The minimum absolute atomic E-state index is 0.0469. The standard InChI is InChI=1S/C35H40N2O5S/c1-26-18-22-43-32(26)24-36(19-17-27-15-16-30(41-3)31(23-27)42-4)33(38)25-37(20-21-40-2)35(39)34(28-11-7-5-8-12-28)29-13-9-6-10-14-29/h5-16,18,22-23,34H,17,19-21,24-25H2,1-4H3. The van der Waals surface area contributed by atoms with Gasteiger partial charge in [-0.2, -0.15) is 0 Å². The molecule has 0 saturated heterocycles. The van der Waals surface area contributed by atoms with Crippen molar-refractivity contribution < 1.29 is 23.8 Å². The molecule has 0 aliphatic rings. The van der Waals surface area contributed by atoms with E-state index in [0.29, 0.717) is 44.2 Å². The topological polar surface area (TPSA) is 68.3 Å². The highest BCUT2D eigenvalue weighted by molar-refractivity contribution is 7.10. The van der Waals surface area contributed by atoms with Crippen LogP contribution in [0.25, 0.3) is 0 Å². The monoisotopic (exact) mass is 600 g/mol. The lowest BCUT2D eigenvalue weighted by Crippen LogP contribution is -2.46. The molecule has 0 spiro atoms. The summed E-state index contributed by atoms with van der Waals surface area (Å²) in [6.45, 7) is 3.60. The minimum atomic E-state index is -0.535. The quantitative estimate of drug-likeness (QED) is 0.169. The Labute approximate surface area is 258 Å². The minimum Gasteiger partial charge on any atom is -0.493 e. The van der Waals surface area contributed by atoms with E-state index in [1.807, 2.05) is 89.1 Å². The van der Waals surface area contributed by atoms with Gasteiger partial charge in [0.2, 0.25) is 11.8 Å². The zero-order valence-electron chi connectivity index (χ0n) is 25.3. The Bertz CT molecular complexity index is 1420. The van der Waals surface area contributed by atoms with Gasteiger partial charge in [-0.25, -0.2) is 0 Å².